The lowest BCUT2D eigenvalue weighted by atomic mass is 10.2. The first-order chi connectivity index (χ1) is 13.5. The van der Waals surface area contributed by atoms with Gasteiger partial charge in [-0.2, -0.15) is 5.26 Å². The van der Waals surface area contributed by atoms with Crippen LogP contribution in [-0.2, 0) is 0 Å². The number of aromatic nitrogens is 2. The maximum Gasteiger partial charge on any atom is 0.275 e. The van der Waals surface area contributed by atoms with Crippen molar-refractivity contribution in [2.24, 2.45) is 0 Å². The molecule has 0 saturated carbocycles. The van der Waals surface area contributed by atoms with Crippen LogP contribution in [0.3, 0.4) is 0 Å². The minimum atomic E-state index is -0.405. The number of ether oxygens (including phenoxy) is 1. The van der Waals surface area contributed by atoms with Gasteiger partial charge in [0, 0.05) is 5.69 Å². The van der Waals surface area contributed by atoms with Gasteiger partial charge in [0.2, 0.25) is 0 Å². The molecule has 1 amide bonds. The summed E-state index contributed by atoms with van der Waals surface area (Å²) in [7, 11) is 0. The number of nitrogens with one attached hydrogen (secondary N) is 2. The van der Waals surface area contributed by atoms with Gasteiger partial charge in [-0.25, -0.2) is 9.97 Å². The van der Waals surface area contributed by atoms with E-state index in [9.17, 15) is 4.79 Å². The predicted octanol–water partition coefficient (Wildman–Crippen LogP) is 4.13. The van der Waals surface area contributed by atoms with Crippen molar-refractivity contribution in [3.05, 3.63) is 72.2 Å². The quantitative estimate of drug-likeness (QED) is 0.674. The van der Waals surface area contributed by atoms with E-state index in [-0.39, 0.29) is 11.8 Å². The molecule has 1 heterocycles. The average Bonchev–Trinajstić information content (AvgIpc) is 2.70. The molecule has 7 heteroatoms. The van der Waals surface area contributed by atoms with Crippen LogP contribution in [-0.4, -0.2) is 22.0 Å². The third-order valence-corrected chi connectivity index (χ3v) is 3.65. The normalized spacial score (nSPS) is 10.2. The fraction of sp³-hybridized carbons (Fsp3) is 0.143. The molecule has 2 N–H and O–H groups in total. The minimum Gasteiger partial charge on any atom is -0.489 e. The third-order valence-electron chi connectivity index (χ3n) is 3.65. The van der Waals surface area contributed by atoms with Crippen LogP contribution in [0.15, 0.2) is 60.9 Å². The summed E-state index contributed by atoms with van der Waals surface area (Å²) in [5, 5.41) is 14.8. The summed E-state index contributed by atoms with van der Waals surface area (Å²) in [6, 6.07) is 16.2. The van der Waals surface area contributed by atoms with E-state index in [0.29, 0.717) is 22.8 Å². The monoisotopic (exact) mass is 373 g/mol. The van der Waals surface area contributed by atoms with Crippen LogP contribution in [0.1, 0.15) is 29.9 Å². The molecule has 140 valence electrons. The Bertz CT molecular complexity index is 1010. The second-order valence-electron chi connectivity index (χ2n) is 6.22. The molecular formula is C21H19N5O2. The second-order valence-corrected chi connectivity index (χ2v) is 6.22. The standard InChI is InChI=1S/C21H19N5O2/c1-14(2)28-19-9-4-3-8-17(19)26-20-13-23-18(12-24-20)21(27)25-16-7-5-6-15(10-16)11-22/h3-10,12-14H,1-2H3,(H,24,26)(H,25,27). The van der Waals surface area contributed by atoms with Crippen LogP contribution in [0.5, 0.6) is 5.75 Å². The molecule has 0 fully saturated rings. The average molecular weight is 373 g/mol. The van der Waals surface area contributed by atoms with Gasteiger partial charge in [0.1, 0.15) is 17.3 Å². The van der Waals surface area contributed by atoms with E-state index in [1.54, 1.807) is 24.3 Å². The maximum atomic E-state index is 12.3. The number of carbonyl (C=O) groups excluding carboxylic acids is 1. The zero-order chi connectivity index (χ0) is 19.9. The van der Waals surface area contributed by atoms with Crippen LogP contribution in [0.4, 0.5) is 17.2 Å². The van der Waals surface area contributed by atoms with Gasteiger partial charge in [-0.05, 0) is 44.2 Å². The molecule has 0 aliphatic carbocycles. The Kier molecular flexibility index (Phi) is 5.82. The van der Waals surface area contributed by atoms with Crippen molar-refractivity contribution >= 4 is 23.1 Å². The predicted molar refractivity (Wildman–Crippen MR) is 107 cm³/mol. The summed E-state index contributed by atoms with van der Waals surface area (Å²) >= 11 is 0. The lowest BCUT2D eigenvalue weighted by Gasteiger charge is -2.15. The fourth-order valence-corrected chi connectivity index (χ4v) is 2.44. The van der Waals surface area contributed by atoms with Crippen LogP contribution < -0.4 is 15.4 Å². The summed E-state index contributed by atoms with van der Waals surface area (Å²) in [5.41, 5.74) is 1.91. The smallest absolute Gasteiger partial charge is 0.275 e. The third kappa shape index (κ3) is 4.83. The molecule has 0 bridgehead atoms. The fourth-order valence-electron chi connectivity index (χ4n) is 2.44. The lowest BCUT2D eigenvalue weighted by Crippen LogP contribution is -2.14. The van der Waals surface area contributed by atoms with Gasteiger partial charge in [-0.3, -0.25) is 4.79 Å². The van der Waals surface area contributed by atoms with Crippen molar-refractivity contribution in [3.63, 3.8) is 0 Å². The van der Waals surface area contributed by atoms with Crippen LogP contribution in [0, 0.1) is 11.3 Å². The van der Waals surface area contributed by atoms with Crippen LogP contribution in [0.2, 0.25) is 0 Å². The van der Waals surface area contributed by atoms with E-state index in [1.807, 2.05) is 44.2 Å². The topological polar surface area (TPSA) is 99.9 Å². The van der Waals surface area contributed by atoms with Gasteiger partial charge in [0.05, 0.1) is 35.8 Å². The number of amides is 1. The van der Waals surface area contributed by atoms with Crippen molar-refractivity contribution in [2.45, 2.75) is 20.0 Å². The Balaban J connectivity index is 1.70. The largest absolute Gasteiger partial charge is 0.489 e. The first kappa shape index (κ1) is 18.9. The number of nitriles is 1. The highest BCUT2D eigenvalue weighted by Crippen LogP contribution is 2.27. The van der Waals surface area contributed by atoms with Gasteiger partial charge in [-0.15, -0.1) is 0 Å². The molecule has 3 aromatic rings. The molecule has 0 unspecified atom stereocenters. The first-order valence-electron chi connectivity index (χ1n) is 8.71. The molecular weight excluding hydrogens is 354 g/mol. The number of hydrogen-bond donors (Lipinski definition) is 2. The van der Waals surface area contributed by atoms with E-state index < -0.39 is 5.91 Å². The highest BCUT2D eigenvalue weighted by Gasteiger charge is 2.10. The zero-order valence-corrected chi connectivity index (χ0v) is 15.5. The molecule has 3 rings (SSSR count). The van der Waals surface area contributed by atoms with Gasteiger partial charge in [-0.1, -0.05) is 18.2 Å². The SMILES string of the molecule is CC(C)Oc1ccccc1Nc1cnc(C(=O)Nc2cccc(C#N)c2)cn1. The van der Waals surface area contributed by atoms with E-state index in [4.69, 9.17) is 10.00 Å². The number of nitrogens with zero attached hydrogens (tertiary/aromatic N) is 3. The lowest BCUT2D eigenvalue weighted by molar-refractivity contribution is 0.102. The van der Waals surface area contributed by atoms with E-state index in [2.05, 4.69) is 20.6 Å². The van der Waals surface area contributed by atoms with Gasteiger partial charge in [0.15, 0.2) is 0 Å². The van der Waals surface area contributed by atoms with Gasteiger partial charge in [0.25, 0.3) is 5.91 Å². The number of para-hydroxylation sites is 2. The van der Waals surface area contributed by atoms with Crippen molar-refractivity contribution < 1.29 is 9.53 Å². The summed E-state index contributed by atoms with van der Waals surface area (Å²) in [4.78, 5) is 20.7. The molecule has 28 heavy (non-hydrogen) atoms. The van der Waals surface area contributed by atoms with E-state index in [1.165, 1.54) is 12.4 Å². The number of carbonyl (C=O) groups is 1. The highest BCUT2D eigenvalue weighted by atomic mass is 16.5. The van der Waals surface area contributed by atoms with E-state index in [0.717, 1.165) is 5.69 Å². The highest BCUT2D eigenvalue weighted by molar-refractivity contribution is 6.02. The Labute approximate surface area is 163 Å². The van der Waals surface area contributed by atoms with Crippen LogP contribution >= 0.6 is 0 Å². The Morgan fingerprint density at radius 3 is 2.64 bits per heavy atom. The van der Waals surface area contributed by atoms with Crippen molar-refractivity contribution in [2.75, 3.05) is 10.6 Å². The van der Waals surface area contributed by atoms with E-state index >= 15 is 0 Å². The maximum absolute atomic E-state index is 12.3. The number of rotatable bonds is 6. The first-order valence-corrected chi connectivity index (χ1v) is 8.71. The molecule has 7 nitrogen and oxygen atoms in total. The number of anilines is 3. The zero-order valence-electron chi connectivity index (χ0n) is 15.5. The molecule has 0 aliphatic heterocycles. The molecule has 0 atom stereocenters. The molecule has 0 aliphatic rings. The second kappa shape index (κ2) is 8.64. The van der Waals surface area contributed by atoms with Crippen molar-refractivity contribution in [1.82, 2.24) is 9.97 Å². The summed E-state index contributed by atoms with van der Waals surface area (Å²) in [5.74, 6) is 0.791. The summed E-state index contributed by atoms with van der Waals surface area (Å²) in [6.45, 7) is 3.91. The molecule has 0 radical (unpaired) electrons. The summed E-state index contributed by atoms with van der Waals surface area (Å²) in [6.07, 6.45) is 2.91. The van der Waals surface area contributed by atoms with Crippen molar-refractivity contribution in [3.8, 4) is 11.8 Å². The summed E-state index contributed by atoms with van der Waals surface area (Å²) < 4.78 is 5.77. The minimum absolute atomic E-state index is 0.0413. The molecule has 2 aromatic carbocycles. The van der Waals surface area contributed by atoms with Gasteiger partial charge >= 0.3 is 0 Å². The molecule has 0 spiro atoms. The Morgan fingerprint density at radius 2 is 1.93 bits per heavy atom. The van der Waals surface area contributed by atoms with Crippen LogP contribution in [0.25, 0.3) is 0 Å². The Hall–Kier alpha value is -3.92. The van der Waals surface area contributed by atoms with Gasteiger partial charge < -0.3 is 15.4 Å². The van der Waals surface area contributed by atoms with Crippen molar-refractivity contribution in [1.29, 1.82) is 5.26 Å². The number of benzene rings is 2. The molecule has 0 saturated heterocycles. The molecule has 1 aromatic heterocycles. The Morgan fingerprint density at radius 1 is 1.11 bits per heavy atom. The number of hydrogen-bond acceptors (Lipinski definition) is 6.